The third kappa shape index (κ3) is 2.87. The predicted molar refractivity (Wildman–Crippen MR) is 107 cm³/mol. The molecule has 0 saturated carbocycles. The predicted octanol–water partition coefficient (Wildman–Crippen LogP) is 3.09. The lowest BCUT2D eigenvalue weighted by molar-refractivity contribution is 1.09. The molecule has 4 rings (SSSR count). The Bertz CT molecular complexity index is 1190. The van der Waals surface area contributed by atoms with E-state index in [4.69, 9.17) is 11.6 Å². The number of benzene rings is 2. The number of thiazole rings is 1. The summed E-state index contributed by atoms with van der Waals surface area (Å²) in [6.45, 7) is 0. The van der Waals surface area contributed by atoms with Gasteiger partial charge in [-0.1, -0.05) is 47.2 Å². The van der Waals surface area contributed by atoms with Crippen LogP contribution < -0.4 is 15.0 Å². The average Bonchev–Trinajstić information content (AvgIpc) is 3.17. The summed E-state index contributed by atoms with van der Waals surface area (Å²) >= 11 is 7.57. The van der Waals surface area contributed by atoms with Crippen LogP contribution in [0.4, 0.5) is 5.69 Å². The second kappa shape index (κ2) is 6.55. The zero-order valence-electron chi connectivity index (χ0n) is 14.2. The molecule has 0 radical (unpaired) electrons. The van der Waals surface area contributed by atoms with E-state index in [1.807, 2.05) is 67.5 Å². The Morgan fingerprint density at radius 1 is 1.08 bits per heavy atom. The molecule has 0 aliphatic carbocycles. The fraction of sp³-hybridized carbons (Fsp3) is 0.105. The van der Waals surface area contributed by atoms with E-state index in [1.165, 1.54) is 15.7 Å². The van der Waals surface area contributed by atoms with Crippen LogP contribution in [0.1, 0.15) is 5.56 Å². The summed E-state index contributed by atoms with van der Waals surface area (Å²) in [5.41, 5.74) is 2.63. The first kappa shape index (κ1) is 16.8. The lowest BCUT2D eigenvalue weighted by atomic mass is 10.2. The highest BCUT2D eigenvalue weighted by atomic mass is 35.5. The summed E-state index contributed by atoms with van der Waals surface area (Å²) in [6, 6.07) is 15.3. The Morgan fingerprint density at radius 3 is 2.50 bits per heavy atom. The number of rotatable bonds is 3. The number of halogens is 1. The number of hydrogen-bond donors (Lipinski definition) is 0. The molecule has 130 valence electrons. The molecule has 0 saturated heterocycles. The summed E-state index contributed by atoms with van der Waals surface area (Å²) < 4.78 is 2.13. The maximum atomic E-state index is 12.9. The Hall–Kier alpha value is -2.70. The molecule has 0 fully saturated rings. The van der Waals surface area contributed by atoms with E-state index in [2.05, 4.69) is 10.2 Å². The van der Waals surface area contributed by atoms with Gasteiger partial charge >= 0.3 is 0 Å². The molecule has 0 unspecified atom stereocenters. The lowest BCUT2D eigenvalue weighted by Gasteiger charge is -2.11. The summed E-state index contributed by atoms with van der Waals surface area (Å²) in [7, 11) is 3.98. The number of nitrogens with zero attached hydrogens (tertiary/aromatic N) is 4. The topological polar surface area (TPSA) is 50.5 Å². The minimum absolute atomic E-state index is 0.137. The van der Waals surface area contributed by atoms with Gasteiger partial charge in [0.1, 0.15) is 0 Å². The van der Waals surface area contributed by atoms with Gasteiger partial charge in [0.15, 0.2) is 5.82 Å². The van der Waals surface area contributed by atoms with Crippen molar-refractivity contribution >= 4 is 39.7 Å². The molecule has 2 aromatic heterocycles. The monoisotopic (exact) mass is 382 g/mol. The van der Waals surface area contributed by atoms with Crippen LogP contribution >= 0.6 is 22.9 Å². The van der Waals surface area contributed by atoms with Crippen molar-refractivity contribution in [1.29, 1.82) is 0 Å². The van der Waals surface area contributed by atoms with E-state index in [1.54, 1.807) is 6.07 Å². The molecule has 0 spiro atoms. The third-order valence-corrected chi connectivity index (χ3v) is 5.36. The van der Waals surface area contributed by atoms with Gasteiger partial charge in [-0.15, -0.1) is 10.2 Å². The molecule has 2 aromatic carbocycles. The minimum Gasteiger partial charge on any atom is -0.378 e. The summed E-state index contributed by atoms with van der Waals surface area (Å²) in [6.07, 6.45) is 1.87. The Labute approximate surface area is 158 Å². The fourth-order valence-electron chi connectivity index (χ4n) is 2.70. The Kier molecular flexibility index (Phi) is 4.22. The number of fused-ring (bicyclic) bond motifs is 1. The van der Waals surface area contributed by atoms with E-state index in [-0.39, 0.29) is 5.56 Å². The molecule has 5 nitrogen and oxygen atoms in total. The molecular formula is C19H15ClN4OS. The fourth-order valence-corrected chi connectivity index (χ4v) is 3.83. The smallest absolute Gasteiger partial charge is 0.276 e. The standard InChI is InChI=1S/C19H15ClN4OS/c1-23(2)13-9-7-12(8-10-13)11-16-18(25)24-17(21-22-19(24)26-16)14-5-3-4-6-15(14)20/h3-11H,1-2H3/b16-11-. The highest BCUT2D eigenvalue weighted by molar-refractivity contribution is 7.15. The molecule has 4 aromatic rings. The van der Waals surface area contributed by atoms with Crippen LogP contribution in [0, 0.1) is 0 Å². The maximum Gasteiger partial charge on any atom is 0.276 e. The van der Waals surface area contributed by atoms with Gasteiger partial charge in [0, 0.05) is 25.3 Å². The molecule has 0 aliphatic rings. The van der Waals surface area contributed by atoms with Gasteiger partial charge in [-0.25, -0.2) is 4.40 Å². The quantitative estimate of drug-likeness (QED) is 0.546. The van der Waals surface area contributed by atoms with Crippen LogP contribution in [0.3, 0.4) is 0 Å². The second-order valence-corrected chi connectivity index (χ2v) is 7.44. The van der Waals surface area contributed by atoms with Crippen LogP contribution in [0.5, 0.6) is 0 Å². The van der Waals surface area contributed by atoms with Crippen LogP contribution in [0.15, 0.2) is 53.3 Å². The van der Waals surface area contributed by atoms with Gasteiger partial charge in [-0.3, -0.25) is 4.79 Å². The van der Waals surface area contributed by atoms with Crippen molar-refractivity contribution in [1.82, 2.24) is 14.6 Å². The SMILES string of the molecule is CN(C)c1ccc(/C=c2\sc3nnc(-c4ccccc4Cl)n3c2=O)cc1. The molecule has 7 heteroatoms. The largest absolute Gasteiger partial charge is 0.378 e. The zero-order chi connectivity index (χ0) is 18.3. The van der Waals surface area contributed by atoms with Gasteiger partial charge in [0.2, 0.25) is 4.96 Å². The first-order valence-electron chi connectivity index (χ1n) is 7.96. The van der Waals surface area contributed by atoms with Gasteiger partial charge in [-0.05, 0) is 35.9 Å². The van der Waals surface area contributed by atoms with Crippen molar-refractivity contribution in [3.8, 4) is 11.4 Å². The molecule has 0 bridgehead atoms. The highest BCUT2D eigenvalue weighted by Crippen LogP contribution is 2.26. The number of aromatic nitrogens is 3. The van der Waals surface area contributed by atoms with E-state index < -0.39 is 0 Å². The Balaban J connectivity index is 1.85. The molecule has 26 heavy (non-hydrogen) atoms. The summed E-state index contributed by atoms with van der Waals surface area (Å²) in [5, 5.41) is 8.83. The Morgan fingerprint density at radius 2 is 1.81 bits per heavy atom. The van der Waals surface area contributed by atoms with Crippen LogP contribution in [0.2, 0.25) is 5.02 Å². The first-order valence-corrected chi connectivity index (χ1v) is 9.16. The van der Waals surface area contributed by atoms with Crippen molar-refractivity contribution in [2.75, 3.05) is 19.0 Å². The third-order valence-electron chi connectivity index (χ3n) is 4.07. The van der Waals surface area contributed by atoms with Crippen LogP contribution in [-0.2, 0) is 0 Å². The van der Waals surface area contributed by atoms with Crippen LogP contribution in [0.25, 0.3) is 22.4 Å². The van der Waals surface area contributed by atoms with Crippen molar-refractivity contribution in [2.24, 2.45) is 0 Å². The van der Waals surface area contributed by atoms with E-state index >= 15 is 0 Å². The van der Waals surface area contributed by atoms with Gasteiger partial charge in [-0.2, -0.15) is 0 Å². The van der Waals surface area contributed by atoms with E-state index in [0.717, 1.165) is 11.3 Å². The van der Waals surface area contributed by atoms with Crippen molar-refractivity contribution < 1.29 is 0 Å². The molecule has 0 amide bonds. The van der Waals surface area contributed by atoms with Crippen molar-refractivity contribution in [2.45, 2.75) is 0 Å². The molecule has 0 N–H and O–H groups in total. The van der Waals surface area contributed by atoms with E-state index in [9.17, 15) is 4.79 Å². The molecule has 0 aliphatic heterocycles. The number of anilines is 1. The zero-order valence-corrected chi connectivity index (χ0v) is 15.8. The highest BCUT2D eigenvalue weighted by Gasteiger charge is 2.15. The molecule has 2 heterocycles. The molecular weight excluding hydrogens is 368 g/mol. The first-order chi connectivity index (χ1) is 12.5. The van der Waals surface area contributed by atoms with Gasteiger partial charge in [0.05, 0.1) is 9.55 Å². The number of hydrogen-bond acceptors (Lipinski definition) is 5. The second-order valence-electron chi connectivity index (χ2n) is 6.02. The van der Waals surface area contributed by atoms with Crippen molar-refractivity contribution in [3.63, 3.8) is 0 Å². The van der Waals surface area contributed by atoms with Gasteiger partial charge in [0.25, 0.3) is 5.56 Å². The lowest BCUT2D eigenvalue weighted by Crippen LogP contribution is -2.23. The van der Waals surface area contributed by atoms with E-state index in [0.29, 0.717) is 25.9 Å². The molecule has 0 atom stereocenters. The average molecular weight is 383 g/mol. The summed E-state index contributed by atoms with van der Waals surface area (Å²) in [4.78, 5) is 15.5. The summed E-state index contributed by atoms with van der Waals surface area (Å²) in [5.74, 6) is 0.467. The minimum atomic E-state index is -0.137. The maximum absolute atomic E-state index is 12.9. The van der Waals surface area contributed by atoms with Gasteiger partial charge < -0.3 is 4.90 Å². The normalized spacial score (nSPS) is 12.0. The van der Waals surface area contributed by atoms with Crippen molar-refractivity contribution in [3.05, 3.63) is 74.0 Å². The van der Waals surface area contributed by atoms with Crippen LogP contribution in [-0.4, -0.2) is 28.7 Å².